The van der Waals surface area contributed by atoms with Crippen LogP contribution in [-0.2, 0) is 20.5 Å². The third kappa shape index (κ3) is 6.44. The predicted molar refractivity (Wildman–Crippen MR) is 131 cm³/mol. The Kier molecular flexibility index (Phi) is 8.59. The van der Waals surface area contributed by atoms with Crippen LogP contribution in [0.3, 0.4) is 0 Å². The molecule has 176 valence electrons. The number of hydrogen-bond donors (Lipinski definition) is 0. The molecule has 0 spiro atoms. The van der Waals surface area contributed by atoms with Gasteiger partial charge in [-0.15, -0.1) is 6.58 Å². The number of epoxide rings is 1. The zero-order valence-corrected chi connectivity index (χ0v) is 22.2. The molecular weight excluding hydrogens is 404 g/mol. The summed E-state index contributed by atoms with van der Waals surface area (Å²) in [5.74, 6) is 1.81. The number of rotatable bonds is 12. The van der Waals surface area contributed by atoms with Gasteiger partial charge in [-0.3, -0.25) is 0 Å². The van der Waals surface area contributed by atoms with E-state index in [-0.39, 0.29) is 22.7 Å². The van der Waals surface area contributed by atoms with Gasteiger partial charge in [0, 0.05) is 18.4 Å². The Morgan fingerprint density at radius 3 is 2.29 bits per heavy atom. The van der Waals surface area contributed by atoms with E-state index in [1.54, 1.807) is 7.11 Å². The molecule has 0 radical (unpaired) electrons. The zero-order chi connectivity index (χ0) is 23.4. The van der Waals surface area contributed by atoms with Gasteiger partial charge in [-0.25, -0.2) is 0 Å². The fourth-order valence-corrected chi connectivity index (χ4v) is 4.86. The number of methoxy groups -OCH3 is 1. The molecule has 1 aliphatic heterocycles. The lowest BCUT2D eigenvalue weighted by Crippen LogP contribution is -2.43. The van der Waals surface area contributed by atoms with Gasteiger partial charge in [0.25, 0.3) is 0 Å². The van der Waals surface area contributed by atoms with E-state index in [2.05, 4.69) is 61.2 Å². The van der Waals surface area contributed by atoms with Gasteiger partial charge in [-0.1, -0.05) is 52.8 Å². The predicted octanol–water partition coefficient (Wildman–Crippen LogP) is 6.47. The first kappa shape index (κ1) is 26.1. The van der Waals surface area contributed by atoms with Crippen molar-refractivity contribution >= 4 is 8.32 Å². The van der Waals surface area contributed by atoms with Crippen molar-refractivity contribution in [3.05, 3.63) is 42.5 Å². The Balaban J connectivity index is 1.85. The molecule has 0 aliphatic carbocycles. The molecule has 1 aliphatic rings. The van der Waals surface area contributed by atoms with Crippen LogP contribution in [0.5, 0.6) is 5.75 Å². The summed E-state index contributed by atoms with van der Waals surface area (Å²) in [5, 5.41) is 0.209. The summed E-state index contributed by atoms with van der Waals surface area (Å²) in [7, 11) is -0.102. The SMILES string of the molecule is C=C[C@H](CO[Si](C)(C)C(C)(C)C)[C@H](C)[C@@]1(C)O[C@@H]1[C@@H](C)COCc1ccc(OC)cc1. The van der Waals surface area contributed by atoms with Gasteiger partial charge in [0.05, 0.1) is 32.0 Å². The molecule has 1 heterocycles. The first-order chi connectivity index (χ1) is 14.4. The molecule has 0 aromatic heterocycles. The molecule has 0 saturated carbocycles. The minimum atomic E-state index is -1.78. The van der Waals surface area contributed by atoms with Gasteiger partial charge in [0.1, 0.15) is 5.75 Å². The molecule has 4 nitrogen and oxygen atoms in total. The van der Waals surface area contributed by atoms with Crippen LogP contribution < -0.4 is 4.74 Å². The standard InChI is InChI=1S/C26H44O4Si/c1-11-22(18-29-31(9,10)25(4,5)6)20(3)26(7)24(30-26)19(2)16-28-17-21-12-14-23(27-8)15-13-21/h11-15,19-20,22,24H,1,16-18H2,2-10H3/t19-,20-,22+,24+,26+/m0/s1. The first-order valence-electron chi connectivity index (χ1n) is 11.5. The summed E-state index contributed by atoms with van der Waals surface area (Å²) in [6.45, 7) is 24.2. The van der Waals surface area contributed by atoms with Crippen LogP contribution in [0.2, 0.25) is 18.1 Å². The molecule has 2 rings (SSSR count). The van der Waals surface area contributed by atoms with Crippen LogP contribution in [-0.4, -0.2) is 40.3 Å². The second-order valence-electron chi connectivity index (χ2n) is 10.8. The molecule has 5 atom stereocenters. The van der Waals surface area contributed by atoms with Gasteiger partial charge in [-0.2, -0.15) is 0 Å². The Hall–Kier alpha value is -1.14. The highest BCUT2D eigenvalue weighted by atomic mass is 28.4. The molecular formula is C26H44O4Si. The molecule has 0 unspecified atom stereocenters. The van der Waals surface area contributed by atoms with Crippen molar-refractivity contribution in [2.45, 2.75) is 78.0 Å². The third-order valence-corrected chi connectivity index (χ3v) is 12.0. The summed E-state index contributed by atoms with van der Waals surface area (Å²) in [5.41, 5.74) is 0.994. The van der Waals surface area contributed by atoms with Crippen molar-refractivity contribution in [2.75, 3.05) is 20.3 Å². The van der Waals surface area contributed by atoms with E-state index in [1.165, 1.54) is 0 Å². The third-order valence-electron chi connectivity index (χ3n) is 7.51. The van der Waals surface area contributed by atoms with Gasteiger partial charge < -0.3 is 18.6 Å². The van der Waals surface area contributed by atoms with Crippen molar-refractivity contribution in [3.8, 4) is 5.75 Å². The lowest BCUT2D eigenvalue weighted by atomic mass is 9.80. The smallest absolute Gasteiger partial charge is 0.192 e. The van der Waals surface area contributed by atoms with Crippen molar-refractivity contribution in [3.63, 3.8) is 0 Å². The topological polar surface area (TPSA) is 40.2 Å². The maximum Gasteiger partial charge on any atom is 0.192 e. The van der Waals surface area contributed by atoms with Gasteiger partial charge in [0.15, 0.2) is 8.32 Å². The highest BCUT2D eigenvalue weighted by molar-refractivity contribution is 6.74. The normalized spacial score (nSPS) is 24.4. The average molecular weight is 449 g/mol. The Bertz CT molecular complexity index is 709. The van der Waals surface area contributed by atoms with E-state index in [0.717, 1.165) is 17.9 Å². The highest BCUT2D eigenvalue weighted by Gasteiger charge is 2.59. The minimum Gasteiger partial charge on any atom is -0.497 e. The largest absolute Gasteiger partial charge is 0.497 e. The lowest BCUT2D eigenvalue weighted by Gasteiger charge is -2.38. The lowest BCUT2D eigenvalue weighted by molar-refractivity contribution is 0.0824. The molecule has 1 fully saturated rings. The molecule has 0 amide bonds. The Morgan fingerprint density at radius 2 is 1.77 bits per heavy atom. The summed E-state index contributed by atoms with van der Waals surface area (Å²) in [6, 6.07) is 8.01. The van der Waals surface area contributed by atoms with Crippen LogP contribution >= 0.6 is 0 Å². The molecule has 5 heteroatoms. The number of hydrogen-bond acceptors (Lipinski definition) is 4. The van der Waals surface area contributed by atoms with E-state index < -0.39 is 8.32 Å². The maximum absolute atomic E-state index is 6.50. The molecule has 0 N–H and O–H groups in total. The van der Waals surface area contributed by atoms with E-state index in [9.17, 15) is 0 Å². The van der Waals surface area contributed by atoms with Crippen LogP contribution in [0.4, 0.5) is 0 Å². The Morgan fingerprint density at radius 1 is 1.16 bits per heavy atom. The fraction of sp³-hybridized carbons (Fsp3) is 0.692. The van der Waals surface area contributed by atoms with Crippen LogP contribution in [0.1, 0.15) is 47.1 Å². The van der Waals surface area contributed by atoms with E-state index >= 15 is 0 Å². The van der Waals surface area contributed by atoms with Crippen molar-refractivity contribution in [1.29, 1.82) is 0 Å². The van der Waals surface area contributed by atoms with Gasteiger partial charge in [0.2, 0.25) is 0 Å². The molecule has 1 aromatic carbocycles. The quantitative estimate of drug-likeness (QED) is 0.209. The highest BCUT2D eigenvalue weighted by Crippen LogP contribution is 2.50. The summed E-state index contributed by atoms with van der Waals surface area (Å²) >= 11 is 0. The number of benzene rings is 1. The van der Waals surface area contributed by atoms with Crippen LogP contribution in [0.15, 0.2) is 36.9 Å². The maximum atomic E-state index is 6.50. The summed E-state index contributed by atoms with van der Waals surface area (Å²) < 4.78 is 23.9. The first-order valence-corrected chi connectivity index (χ1v) is 14.4. The molecule has 1 aromatic rings. The van der Waals surface area contributed by atoms with Crippen molar-refractivity contribution in [1.82, 2.24) is 0 Å². The van der Waals surface area contributed by atoms with Crippen LogP contribution in [0.25, 0.3) is 0 Å². The summed E-state index contributed by atoms with van der Waals surface area (Å²) in [4.78, 5) is 0. The fourth-order valence-electron chi connectivity index (χ4n) is 3.82. The summed E-state index contributed by atoms with van der Waals surface area (Å²) in [6.07, 6.45) is 2.25. The Labute approximate surface area is 191 Å². The molecule has 31 heavy (non-hydrogen) atoms. The average Bonchev–Trinajstić information content (AvgIpc) is 3.41. The van der Waals surface area contributed by atoms with E-state index in [0.29, 0.717) is 25.0 Å². The van der Waals surface area contributed by atoms with Crippen LogP contribution in [0, 0.1) is 17.8 Å². The minimum absolute atomic E-state index is 0.154. The van der Waals surface area contributed by atoms with Crippen molar-refractivity contribution in [2.24, 2.45) is 17.8 Å². The second-order valence-corrected chi connectivity index (χ2v) is 15.6. The van der Waals surface area contributed by atoms with Gasteiger partial charge >= 0.3 is 0 Å². The van der Waals surface area contributed by atoms with Gasteiger partial charge in [-0.05, 0) is 48.7 Å². The van der Waals surface area contributed by atoms with Crippen molar-refractivity contribution < 1.29 is 18.6 Å². The monoisotopic (exact) mass is 448 g/mol. The van der Waals surface area contributed by atoms with E-state index in [4.69, 9.17) is 18.6 Å². The zero-order valence-electron chi connectivity index (χ0n) is 21.2. The number of ether oxygens (including phenoxy) is 3. The van der Waals surface area contributed by atoms with E-state index in [1.807, 2.05) is 30.3 Å². The second kappa shape index (κ2) is 10.2. The molecule has 1 saturated heterocycles. The molecule has 0 bridgehead atoms.